The van der Waals surface area contributed by atoms with E-state index >= 15 is 0 Å². The number of aromatic nitrogens is 2. The molecule has 0 spiro atoms. The van der Waals surface area contributed by atoms with Crippen LogP contribution in [0.4, 0.5) is 17.1 Å². The van der Waals surface area contributed by atoms with Crippen molar-refractivity contribution >= 4 is 82.2 Å². The first kappa shape index (κ1) is 42.3. The minimum Gasteiger partial charge on any atom is -0.310 e. The van der Waals surface area contributed by atoms with Crippen LogP contribution in [0, 0.1) is 0 Å². The Morgan fingerprint density at radius 3 is 1.24 bits per heavy atom. The molecule has 3 nitrogen and oxygen atoms in total. The van der Waals surface area contributed by atoms with Crippen molar-refractivity contribution in [1.82, 2.24) is 9.13 Å². The van der Waals surface area contributed by atoms with Gasteiger partial charge in [-0.25, -0.2) is 0 Å². The van der Waals surface area contributed by atoms with Crippen LogP contribution in [0.25, 0.3) is 110 Å². The lowest BCUT2D eigenvalue weighted by atomic mass is 9.82. The van der Waals surface area contributed by atoms with Crippen LogP contribution < -0.4 is 4.90 Å². The minimum atomic E-state index is -0.136. The van der Waals surface area contributed by atoms with Gasteiger partial charge in [-0.05, 0) is 163 Å². The maximum atomic E-state index is 2.43. The fourth-order valence-corrected chi connectivity index (χ4v) is 12.5. The SMILES string of the molecule is CC1(C)c2ccccc2-c2ccc(N(c3ccc(-c4ccc5c(c4)c4c6ccccc6ccc4n5-c4ccccc4)cc3)c3ccc(-c4ccc5c(c4)c4c6ccccc6ccc4n5-c4ccccc4)cc3)cc21. The van der Waals surface area contributed by atoms with E-state index in [2.05, 4.69) is 289 Å². The van der Waals surface area contributed by atoms with Crippen LogP contribution in [0.3, 0.4) is 0 Å². The molecule has 0 aliphatic heterocycles. The van der Waals surface area contributed by atoms with Crippen LogP contribution in [0.2, 0.25) is 0 Å². The molecule has 1 aliphatic carbocycles. The molecule has 74 heavy (non-hydrogen) atoms. The van der Waals surface area contributed by atoms with E-state index in [1.54, 1.807) is 0 Å². The first-order valence-electron chi connectivity index (χ1n) is 25.7. The van der Waals surface area contributed by atoms with Crippen molar-refractivity contribution in [3.05, 3.63) is 272 Å². The molecule has 3 heteroatoms. The molecule has 2 aromatic heterocycles. The third kappa shape index (κ3) is 6.39. The quantitative estimate of drug-likeness (QED) is 0.155. The zero-order valence-corrected chi connectivity index (χ0v) is 41.2. The van der Waals surface area contributed by atoms with Gasteiger partial charge < -0.3 is 14.0 Å². The normalized spacial score (nSPS) is 12.8. The predicted octanol–water partition coefficient (Wildman–Crippen LogP) is 19.3. The molecule has 0 bridgehead atoms. The summed E-state index contributed by atoms with van der Waals surface area (Å²) in [6, 6.07) is 96.4. The van der Waals surface area contributed by atoms with Crippen LogP contribution in [0.15, 0.2) is 261 Å². The third-order valence-electron chi connectivity index (χ3n) is 16.1. The Bertz CT molecular complexity index is 4300. The largest absolute Gasteiger partial charge is 0.310 e. The van der Waals surface area contributed by atoms with Crippen molar-refractivity contribution in [3.8, 4) is 44.8 Å². The van der Waals surface area contributed by atoms with Crippen molar-refractivity contribution in [2.45, 2.75) is 19.3 Å². The highest BCUT2D eigenvalue weighted by Gasteiger charge is 2.36. The Kier molecular flexibility index (Phi) is 9.31. The van der Waals surface area contributed by atoms with E-state index in [0.717, 1.165) is 28.4 Å². The van der Waals surface area contributed by atoms with Gasteiger partial charge in [-0.3, -0.25) is 0 Å². The van der Waals surface area contributed by atoms with E-state index in [0.29, 0.717) is 0 Å². The molecule has 0 unspecified atom stereocenters. The Hall–Kier alpha value is -9.44. The van der Waals surface area contributed by atoms with Crippen molar-refractivity contribution in [2.75, 3.05) is 4.90 Å². The number of para-hydroxylation sites is 2. The number of nitrogens with zero attached hydrogens (tertiary/aromatic N) is 3. The Morgan fingerprint density at radius 1 is 0.297 bits per heavy atom. The molecule has 0 saturated heterocycles. The molecular formula is C71H49N3. The Balaban J connectivity index is 0.852. The average molecular weight is 944 g/mol. The summed E-state index contributed by atoms with van der Waals surface area (Å²) < 4.78 is 4.82. The lowest BCUT2D eigenvalue weighted by Crippen LogP contribution is -2.16. The summed E-state index contributed by atoms with van der Waals surface area (Å²) in [6.45, 7) is 4.73. The van der Waals surface area contributed by atoms with Gasteiger partial charge in [0, 0.05) is 55.4 Å². The molecule has 14 aromatic rings. The standard InChI is InChI=1S/C71H49N3/c1-71(2)63-24-14-13-23-59(63)60-38-37-56(45-64(60)71)72(54-33-25-46(26-34-54)50-31-39-65-61(43-50)69-57-21-11-9-15-48(57)29-41-67(69)73(65)52-17-5-3-6-18-52)55-35-27-47(28-36-55)51-32-40-66-62(44-51)70-58-22-12-10-16-49(58)30-42-68(70)74(66)53-19-7-4-8-20-53/h3-45H,1-2H3. The van der Waals surface area contributed by atoms with Gasteiger partial charge >= 0.3 is 0 Å². The lowest BCUT2D eigenvalue weighted by molar-refractivity contribution is 0.660. The monoisotopic (exact) mass is 943 g/mol. The average Bonchev–Trinajstić information content (AvgIpc) is 4.06. The molecule has 0 fully saturated rings. The highest BCUT2D eigenvalue weighted by Crippen LogP contribution is 2.51. The number of hydrogen-bond acceptors (Lipinski definition) is 1. The van der Waals surface area contributed by atoms with Crippen molar-refractivity contribution in [1.29, 1.82) is 0 Å². The van der Waals surface area contributed by atoms with Crippen LogP contribution in [-0.4, -0.2) is 9.13 Å². The van der Waals surface area contributed by atoms with Crippen molar-refractivity contribution in [2.24, 2.45) is 0 Å². The smallest absolute Gasteiger partial charge is 0.0547 e. The second-order valence-electron chi connectivity index (χ2n) is 20.5. The number of rotatable bonds is 7. The third-order valence-corrected chi connectivity index (χ3v) is 16.1. The van der Waals surface area contributed by atoms with E-state index in [1.807, 2.05) is 0 Å². The van der Waals surface area contributed by atoms with Gasteiger partial charge in [0.1, 0.15) is 0 Å². The summed E-state index contributed by atoms with van der Waals surface area (Å²) in [5.41, 5.74) is 20.4. The molecule has 348 valence electrons. The topological polar surface area (TPSA) is 13.1 Å². The maximum absolute atomic E-state index is 2.43. The maximum Gasteiger partial charge on any atom is 0.0547 e. The summed E-state index contributed by atoms with van der Waals surface area (Å²) in [6.07, 6.45) is 0. The number of hydrogen-bond donors (Lipinski definition) is 0. The molecule has 0 radical (unpaired) electrons. The van der Waals surface area contributed by atoms with Gasteiger partial charge in [-0.15, -0.1) is 0 Å². The molecule has 0 saturated carbocycles. The van der Waals surface area contributed by atoms with E-state index < -0.39 is 0 Å². The zero-order valence-electron chi connectivity index (χ0n) is 41.2. The minimum absolute atomic E-state index is 0.136. The molecule has 0 atom stereocenters. The predicted molar refractivity (Wildman–Crippen MR) is 313 cm³/mol. The highest BCUT2D eigenvalue weighted by molar-refractivity contribution is 6.23. The van der Waals surface area contributed by atoms with Crippen molar-refractivity contribution in [3.63, 3.8) is 0 Å². The first-order valence-corrected chi connectivity index (χ1v) is 25.7. The van der Waals surface area contributed by atoms with Gasteiger partial charge in [-0.1, -0.05) is 178 Å². The van der Waals surface area contributed by atoms with Crippen LogP contribution in [-0.2, 0) is 5.41 Å². The molecule has 1 aliphatic rings. The number of fused-ring (bicyclic) bond motifs is 13. The first-order chi connectivity index (χ1) is 36.5. The van der Waals surface area contributed by atoms with Crippen LogP contribution in [0.1, 0.15) is 25.0 Å². The zero-order chi connectivity index (χ0) is 49.1. The summed E-state index contributed by atoms with van der Waals surface area (Å²) in [5.74, 6) is 0. The van der Waals surface area contributed by atoms with Gasteiger partial charge in [0.25, 0.3) is 0 Å². The Labute approximate surface area is 430 Å². The fourth-order valence-electron chi connectivity index (χ4n) is 12.5. The molecule has 12 aromatic carbocycles. The number of anilines is 3. The molecule has 0 amide bonds. The van der Waals surface area contributed by atoms with Gasteiger partial charge in [0.05, 0.1) is 22.1 Å². The van der Waals surface area contributed by atoms with E-state index in [9.17, 15) is 0 Å². The highest BCUT2D eigenvalue weighted by atomic mass is 15.1. The summed E-state index contributed by atoms with van der Waals surface area (Å²) in [4.78, 5) is 2.43. The van der Waals surface area contributed by atoms with Crippen LogP contribution in [0.5, 0.6) is 0 Å². The van der Waals surface area contributed by atoms with Gasteiger partial charge in [0.2, 0.25) is 0 Å². The van der Waals surface area contributed by atoms with E-state index in [-0.39, 0.29) is 5.41 Å². The summed E-state index contributed by atoms with van der Waals surface area (Å²) in [5, 5.41) is 10.1. The van der Waals surface area contributed by atoms with E-state index in [1.165, 1.54) is 110 Å². The molecule has 0 N–H and O–H groups in total. The number of benzene rings is 12. The van der Waals surface area contributed by atoms with Gasteiger partial charge in [0.15, 0.2) is 0 Å². The molecular weight excluding hydrogens is 895 g/mol. The fraction of sp³-hybridized carbons (Fsp3) is 0.0423. The second kappa shape index (κ2) is 16.3. The molecule has 15 rings (SSSR count). The van der Waals surface area contributed by atoms with E-state index in [4.69, 9.17) is 0 Å². The van der Waals surface area contributed by atoms with Crippen molar-refractivity contribution < 1.29 is 0 Å². The van der Waals surface area contributed by atoms with Crippen LogP contribution >= 0.6 is 0 Å². The lowest BCUT2D eigenvalue weighted by Gasteiger charge is -2.28. The summed E-state index contributed by atoms with van der Waals surface area (Å²) >= 11 is 0. The summed E-state index contributed by atoms with van der Waals surface area (Å²) in [7, 11) is 0. The molecule has 2 heterocycles. The second-order valence-corrected chi connectivity index (χ2v) is 20.5. The Morgan fingerprint density at radius 2 is 0.716 bits per heavy atom. The van der Waals surface area contributed by atoms with Gasteiger partial charge in [-0.2, -0.15) is 0 Å².